The molecule has 0 radical (unpaired) electrons. The van der Waals surface area contributed by atoms with Crippen LogP contribution in [0.15, 0.2) is 11.0 Å². The van der Waals surface area contributed by atoms with Gasteiger partial charge < -0.3 is 0 Å². The maximum absolute atomic E-state index is 10.8. The van der Waals surface area contributed by atoms with E-state index < -0.39 is 0 Å². The van der Waals surface area contributed by atoms with Crippen molar-refractivity contribution in [2.75, 3.05) is 0 Å². The molecule has 1 rings (SSSR count). The molecule has 5 heteroatoms. The Hall–Kier alpha value is -0.540. The van der Waals surface area contributed by atoms with E-state index in [9.17, 15) is 4.79 Å². The van der Waals surface area contributed by atoms with Crippen LogP contribution < -0.4 is 10.2 Å². The van der Waals surface area contributed by atoms with Crippen LogP contribution in [0.1, 0.15) is 0 Å². The average molecular weight is 180 g/mol. The molecule has 1 N–H and O–H groups in total. The summed E-state index contributed by atoms with van der Waals surface area (Å²) < 4.78 is 1.44. The zero-order valence-corrected chi connectivity index (χ0v) is 6.70. The van der Waals surface area contributed by atoms with Crippen molar-refractivity contribution in [3.8, 4) is 0 Å². The molecule has 10 heavy (non-hydrogen) atoms. The van der Waals surface area contributed by atoms with Crippen LogP contribution in [0, 0.1) is 0 Å². The first kappa shape index (κ1) is 7.57. The highest BCUT2D eigenvalue weighted by molar-refractivity contribution is 6.41. The Balaban J connectivity index is 3.46. The fourth-order valence-corrected chi connectivity index (χ4v) is 0.900. The van der Waals surface area contributed by atoms with Crippen LogP contribution in [0.3, 0.4) is 0 Å². The summed E-state index contributed by atoms with van der Waals surface area (Å²) in [5.41, 5.74) is -0.378. The highest BCUT2D eigenvalue weighted by atomic mass is 35.5. The normalized spacial score (nSPS) is 9.90. The maximum atomic E-state index is 10.8. The van der Waals surface area contributed by atoms with E-state index in [4.69, 9.17) is 23.2 Å². The topological polar surface area (TPSA) is 36.7 Å². The quantitative estimate of drug-likeness (QED) is 0.580. The van der Waals surface area contributed by atoms with Gasteiger partial charge in [0, 0.05) is 0 Å². The van der Waals surface area contributed by atoms with Gasteiger partial charge in [0.1, 0.15) is 10.0 Å². The Morgan fingerprint density at radius 1 is 1.60 bits per heavy atom. The molecule has 0 atom stereocenters. The lowest BCUT2D eigenvalue weighted by atomic mass is 10.6. The summed E-state index contributed by atoms with van der Waals surface area (Å²) in [6, 6.07) is 0. The molecule has 1 heterocycles. The van der Waals surface area contributed by atoms with Gasteiger partial charge in [0.2, 0.25) is 6.20 Å². The minimum Gasteiger partial charge on any atom is -0.262 e. The molecule has 0 amide bonds. The molecule has 0 fully saturated rings. The summed E-state index contributed by atoms with van der Waals surface area (Å²) >= 11 is 11.0. The van der Waals surface area contributed by atoms with E-state index in [1.807, 2.05) is 0 Å². The number of rotatable bonds is 0. The highest BCUT2D eigenvalue weighted by Crippen LogP contribution is 2.12. The van der Waals surface area contributed by atoms with Crippen molar-refractivity contribution in [3.05, 3.63) is 26.6 Å². The van der Waals surface area contributed by atoms with Crippen molar-refractivity contribution in [1.82, 2.24) is 5.10 Å². The predicted octanol–water partition coefficient (Wildman–Crippen LogP) is 0.506. The number of aromatic amines is 1. The van der Waals surface area contributed by atoms with Gasteiger partial charge >= 0.3 is 5.56 Å². The van der Waals surface area contributed by atoms with E-state index >= 15 is 0 Å². The molecule has 54 valence electrons. The molecular formula is C5H5Cl2N2O+. The van der Waals surface area contributed by atoms with Crippen LogP contribution in [-0.2, 0) is 7.05 Å². The molecule has 0 spiro atoms. The second kappa shape index (κ2) is 2.60. The van der Waals surface area contributed by atoms with E-state index in [2.05, 4.69) is 5.10 Å². The number of H-pyrrole nitrogens is 1. The number of nitrogens with zero attached hydrogens (tertiary/aromatic N) is 1. The lowest BCUT2D eigenvalue weighted by molar-refractivity contribution is -0.732. The fourth-order valence-electron chi connectivity index (χ4n) is 0.577. The maximum Gasteiger partial charge on any atom is 0.318 e. The molecule has 0 saturated heterocycles. The van der Waals surface area contributed by atoms with Crippen LogP contribution in [-0.4, -0.2) is 5.10 Å². The van der Waals surface area contributed by atoms with Crippen molar-refractivity contribution < 1.29 is 4.68 Å². The summed E-state index contributed by atoms with van der Waals surface area (Å²) in [7, 11) is 1.66. The van der Waals surface area contributed by atoms with E-state index in [0.29, 0.717) is 0 Å². The molecule has 1 aromatic heterocycles. The van der Waals surface area contributed by atoms with Crippen molar-refractivity contribution in [2.24, 2.45) is 7.05 Å². The third-order valence-electron chi connectivity index (χ3n) is 0.994. The molecule has 1 aromatic rings. The molecule has 0 aliphatic carbocycles. The van der Waals surface area contributed by atoms with Gasteiger partial charge in [-0.25, -0.2) is 0 Å². The smallest absolute Gasteiger partial charge is 0.262 e. The highest BCUT2D eigenvalue weighted by Gasteiger charge is 2.06. The molecule has 0 unspecified atom stereocenters. The molecule has 0 aromatic carbocycles. The van der Waals surface area contributed by atoms with Gasteiger partial charge in [-0.1, -0.05) is 23.2 Å². The van der Waals surface area contributed by atoms with Crippen LogP contribution in [0.2, 0.25) is 10.0 Å². The van der Waals surface area contributed by atoms with Crippen molar-refractivity contribution in [3.63, 3.8) is 0 Å². The molecule has 0 aliphatic rings. The van der Waals surface area contributed by atoms with Crippen LogP contribution >= 0.6 is 23.2 Å². The average Bonchev–Trinajstić information content (AvgIpc) is 1.82. The van der Waals surface area contributed by atoms with Gasteiger partial charge in [-0.2, -0.15) is 0 Å². The number of halogens is 2. The van der Waals surface area contributed by atoms with E-state index in [-0.39, 0.29) is 15.6 Å². The molecule has 0 saturated carbocycles. The van der Waals surface area contributed by atoms with Gasteiger partial charge in [-0.05, 0) is 0 Å². The second-order valence-electron chi connectivity index (χ2n) is 1.84. The van der Waals surface area contributed by atoms with Crippen LogP contribution in [0.5, 0.6) is 0 Å². The van der Waals surface area contributed by atoms with E-state index in [0.717, 1.165) is 0 Å². The Bertz CT molecular complexity index is 307. The van der Waals surface area contributed by atoms with Crippen LogP contribution in [0.4, 0.5) is 0 Å². The lowest BCUT2D eigenvalue weighted by Gasteiger charge is -1.89. The molecule has 0 bridgehead atoms. The fraction of sp³-hybridized carbons (Fsp3) is 0.200. The van der Waals surface area contributed by atoms with Gasteiger partial charge in [-0.3, -0.25) is 4.79 Å². The number of hydrogen-bond donors (Lipinski definition) is 1. The van der Waals surface area contributed by atoms with Gasteiger partial charge in [0.25, 0.3) is 0 Å². The monoisotopic (exact) mass is 179 g/mol. The third-order valence-corrected chi connectivity index (χ3v) is 1.75. The van der Waals surface area contributed by atoms with Crippen molar-refractivity contribution >= 4 is 23.2 Å². The van der Waals surface area contributed by atoms with Crippen LogP contribution in [0.25, 0.3) is 0 Å². The van der Waals surface area contributed by atoms with Crippen molar-refractivity contribution in [1.29, 1.82) is 0 Å². The molecule has 0 aliphatic heterocycles. The van der Waals surface area contributed by atoms with E-state index in [1.165, 1.54) is 10.9 Å². The van der Waals surface area contributed by atoms with Gasteiger partial charge in [-0.15, -0.1) is 9.78 Å². The lowest BCUT2D eigenvalue weighted by Crippen LogP contribution is -2.38. The number of nitrogens with one attached hydrogen (secondary N) is 1. The minimum absolute atomic E-state index is 0.0276. The number of aromatic nitrogens is 2. The SMILES string of the molecule is C[n+]1cc(Cl)c(Cl)c(=O)[nH]1. The summed E-state index contributed by atoms with van der Waals surface area (Å²) in [5, 5.41) is 2.71. The molecular weight excluding hydrogens is 175 g/mol. The largest absolute Gasteiger partial charge is 0.318 e. The Labute approximate surface area is 67.2 Å². The minimum atomic E-state index is -0.378. The first-order chi connectivity index (χ1) is 4.61. The molecule has 3 nitrogen and oxygen atoms in total. The standard InChI is InChI=1S/C5H4Cl2N2O/c1-9-2-3(6)4(7)5(10)8-9/h2H,1H3/p+1. The Morgan fingerprint density at radius 2 is 2.20 bits per heavy atom. The first-order valence-electron chi connectivity index (χ1n) is 2.55. The summed E-state index contributed by atoms with van der Waals surface area (Å²) in [5.74, 6) is 0. The van der Waals surface area contributed by atoms with Crippen molar-refractivity contribution in [2.45, 2.75) is 0 Å². The zero-order valence-electron chi connectivity index (χ0n) is 5.19. The third kappa shape index (κ3) is 1.30. The number of hydrogen-bond acceptors (Lipinski definition) is 1. The number of aryl methyl sites for hydroxylation is 1. The summed E-state index contributed by atoms with van der Waals surface area (Å²) in [6.07, 6.45) is 1.52. The Morgan fingerprint density at radius 3 is 2.70 bits per heavy atom. The first-order valence-corrected chi connectivity index (χ1v) is 3.31. The van der Waals surface area contributed by atoms with Gasteiger partial charge in [0.15, 0.2) is 7.05 Å². The zero-order chi connectivity index (χ0) is 7.72. The second-order valence-corrected chi connectivity index (χ2v) is 2.63. The van der Waals surface area contributed by atoms with Gasteiger partial charge in [0.05, 0.1) is 0 Å². The Kier molecular flexibility index (Phi) is 1.97. The van der Waals surface area contributed by atoms with E-state index in [1.54, 1.807) is 7.05 Å². The summed E-state index contributed by atoms with van der Waals surface area (Å²) in [6.45, 7) is 0. The summed E-state index contributed by atoms with van der Waals surface area (Å²) in [4.78, 5) is 10.8. The predicted molar refractivity (Wildman–Crippen MR) is 38.3 cm³/mol.